The molecule has 2 aromatic rings. The third-order valence-electron chi connectivity index (χ3n) is 8.81. The molecular formula is C30H33F8NO4. The lowest BCUT2D eigenvalue weighted by Crippen LogP contribution is -2.48. The maximum Gasteiger partial charge on any atom is 0.416 e. The maximum atomic E-state index is 14.4. The fourth-order valence-corrected chi connectivity index (χ4v) is 6.45. The van der Waals surface area contributed by atoms with Crippen LogP contribution in [-0.2, 0) is 26.6 Å². The van der Waals surface area contributed by atoms with Crippen molar-refractivity contribution in [2.75, 3.05) is 26.2 Å². The summed E-state index contributed by atoms with van der Waals surface area (Å²) in [4.78, 5) is 2.20. The lowest BCUT2D eigenvalue weighted by atomic mass is 9.80. The molecule has 0 radical (unpaired) electrons. The van der Waals surface area contributed by atoms with E-state index >= 15 is 0 Å². The number of nitrogens with zero attached hydrogens (tertiary/aromatic N) is 1. The first-order valence-electron chi connectivity index (χ1n) is 14.2. The van der Waals surface area contributed by atoms with Gasteiger partial charge < -0.3 is 24.2 Å². The van der Waals surface area contributed by atoms with E-state index in [2.05, 4.69) is 4.90 Å². The number of ether oxygens (including phenoxy) is 3. The van der Waals surface area contributed by atoms with Gasteiger partial charge in [0.25, 0.3) is 0 Å². The summed E-state index contributed by atoms with van der Waals surface area (Å²) in [6.07, 6.45) is -9.99. The molecule has 5 rings (SSSR count). The molecule has 43 heavy (non-hydrogen) atoms. The lowest BCUT2D eigenvalue weighted by Gasteiger charge is -2.44. The van der Waals surface area contributed by atoms with Gasteiger partial charge in [-0.3, -0.25) is 0 Å². The Morgan fingerprint density at radius 2 is 1.58 bits per heavy atom. The molecule has 1 spiro atoms. The van der Waals surface area contributed by atoms with Crippen molar-refractivity contribution < 1.29 is 54.4 Å². The van der Waals surface area contributed by atoms with Gasteiger partial charge in [-0.25, -0.2) is 8.78 Å². The zero-order valence-electron chi connectivity index (χ0n) is 23.4. The van der Waals surface area contributed by atoms with Crippen LogP contribution in [0.3, 0.4) is 0 Å². The van der Waals surface area contributed by atoms with Crippen LogP contribution in [0.25, 0.3) is 0 Å². The SMILES string of the molecule is C[C@@H](O[C@H]1OCC[C@@H](CN2CCC3(CCC(O)O3)CC2)[C@@H]1c1ccc(F)c(F)c1)c1cc(C(F)(F)F)cc(C(F)(F)F)c1. The molecule has 3 aliphatic heterocycles. The molecule has 3 heterocycles. The minimum atomic E-state index is -5.02. The molecule has 0 aromatic heterocycles. The monoisotopic (exact) mass is 623 g/mol. The lowest BCUT2D eigenvalue weighted by molar-refractivity contribution is -0.211. The van der Waals surface area contributed by atoms with Crippen molar-refractivity contribution in [2.24, 2.45) is 5.92 Å². The Morgan fingerprint density at radius 1 is 0.930 bits per heavy atom. The van der Waals surface area contributed by atoms with Gasteiger partial charge in [-0.2, -0.15) is 26.3 Å². The van der Waals surface area contributed by atoms with E-state index in [-0.39, 0.29) is 29.8 Å². The number of likely N-dealkylation sites (tertiary alicyclic amines) is 1. The fraction of sp³-hybridized carbons (Fsp3) is 0.600. The smallest absolute Gasteiger partial charge is 0.368 e. The average molecular weight is 624 g/mol. The molecular weight excluding hydrogens is 590 g/mol. The van der Waals surface area contributed by atoms with Crippen LogP contribution in [0, 0.1) is 17.6 Å². The standard InChI is InChI=1S/C30H33F8NO4/c1-17(20-12-21(29(33,34)35)15-22(13-20)30(36,37)38)42-27-26(18-2-3-23(31)24(32)14-18)19(5-11-41-27)16-39-9-7-28(8-10-39)6-4-25(40)43-28/h2-3,12-15,17,19,25-27,40H,4-11,16H2,1H3/t17-,19+,25?,26+,27-/m1/s1. The molecule has 5 nitrogen and oxygen atoms in total. The fourth-order valence-electron chi connectivity index (χ4n) is 6.45. The van der Waals surface area contributed by atoms with Crippen molar-refractivity contribution in [3.05, 3.63) is 70.3 Å². The molecule has 2 aromatic carbocycles. The van der Waals surface area contributed by atoms with E-state index in [0.29, 0.717) is 63.0 Å². The summed E-state index contributed by atoms with van der Waals surface area (Å²) in [5, 5.41) is 9.84. The van der Waals surface area contributed by atoms with Gasteiger partial charge in [0.05, 0.1) is 29.4 Å². The van der Waals surface area contributed by atoms with Crippen LogP contribution in [0.2, 0.25) is 0 Å². The summed E-state index contributed by atoms with van der Waals surface area (Å²) in [6.45, 7) is 3.36. The van der Waals surface area contributed by atoms with Crippen molar-refractivity contribution in [1.82, 2.24) is 4.90 Å². The number of hydrogen-bond acceptors (Lipinski definition) is 5. The molecule has 1 unspecified atom stereocenters. The highest BCUT2D eigenvalue weighted by Gasteiger charge is 2.44. The number of benzene rings is 2. The van der Waals surface area contributed by atoms with E-state index in [4.69, 9.17) is 14.2 Å². The van der Waals surface area contributed by atoms with Crippen LogP contribution in [0.5, 0.6) is 0 Å². The first-order chi connectivity index (χ1) is 20.1. The molecule has 1 N–H and O–H groups in total. The first-order valence-corrected chi connectivity index (χ1v) is 14.2. The summed E-state index contributed by atoms with van der Waals surface area (Å²) >= 11 is 0. The number of hydrogen-bond donors (Lipinski definition) is 1. The summed E-state index contributed by atoms with van der Waals surface area (Å²) in [5.41, 5.74) is -3.30. The van der Waals surface area contributed by atoms with Crippen molar-refractivity contribution in [3.8, 4) is 0 Å². The molecule has 0 saturated carbocycles. The normalized spacial score (nSPS) is 27.5. The van der Waals surface area contributed by atoms with Crippen LogP contribution < -0.4 is 0 Å². The second kappa shape index (κ2) is 12.2. The Bertz CT molecular complexity index is 1250. The van der Waals surface area contributed by atoms with Gasteiger partial charge in [-0.1, -0.05) is 6.07 Å². The van der Waals surface area contributed by atoms with Gasteiger partial charge in [0, 0.05) is 32.0 Å². The minimum absolute atomic E-state index is 0.0491. The van der Waals surface area contributed by atoms with Crippen molar-refractivity contribution in [1.29, 1.82) is 0 Å². The summed E-state index contributed by atoms with van der Waals surface area (Å²) in [5.74, 6) is -3.07. The Morgan fingerprint density at radius 3 is 2.14 bits per heavy atom. The predicted octanol–water partition coefficient (Wildman–Crippen LogP) is 7.19. The summed E-state index contributed by atoms with van der Waals surface area (Å²) < 4.78 is 127. The number of alkyl halides is 6. The van der Waals surface area contributed by atoms with E-state index in [0.717, 1.165) is 18.6 Å². The Labute approximate surface area is 243 Å². The maximum absolute atomic E-state index is 14.4. The molecule has 3 saturated heterocycles. The second-order valence-electron chi connectivity index (χ2n) is 11.7. The zero-order valence-corrected chi connectivity index (χ0v) is 23.4. The highest BCUT2D eigenvalue weighted by atomic mass is 19.4. The predicted molar refractivity (Wildman–Crippen MR) is 138 cm³/mol. The van der Waals surface area contributed by atoms with Crippen molar-refractivity contribution in [3.63, 3.8) is 0 Å². The number of aliphatic hydroxyl groups is 1. The molecule has 0 aliphatic carbocycles. The third kappa shape index (κ3) is 7.33. The summed E-state index contributed by atoms with van der Waals surface area (Å²) in [6, 6.07) is 4.64. The molecule has 5 atom stereocenters. The van der Waals surface area contributed by atoms with E-state index in [1.807, 2.05) is 0 Å². The number of halogens is 8. The number of piperidine rings is 1. The molecule has 0 amide bonds. The van der Waals surface area contributed by atoms with Crippen LogP contribution in [0.1, 0.15) is 73.3 Å². The van der Waals surface area contributed by atoms with E-state index in [9.17, 15) is 40.2 Å². The Hall–Kier alpha value is -2.32. The molecule has 0 bridgehead atoms. The van der Waals surface area contributed by atoms with Gasteiger partial charge in [0.15, 0.2) is 24.2 Å². The van der Waals surface area contributed by atoms with Gasteiger partial charge in [0.2, 0.25) is 0 Å². The van der Waals surface area contributed by atoms with Crippen molar-refractivity contribution >= 4 is 0 Å². The Balaban J connectivity index is 1.39. The first kappa shape index (κ1) is 32.1. The highest BCUT2D eigenvalue weighted by Crippen LogP contribution is 2.43. The zero-order chi connectivity index (χ0) is 31.2. The number of rotatable bonds is 6. The van der Waals surface area contributed by atoms with Gasteiger partial charge in [0.1, 0.15) is 0 Å². The van der Waals surface area contributed by atoms with Gasteiger partial charge in [-0.05, 0) is 80.0 Å². The minimum Gasteiger partial charge on any atom is -0.368 e. The third-order valence-corrected chi connectivity index (χ3v) is 8.81. The molecule has 238 valence electrons. The van der Waals surface area contributed by atoms with E-state index < -0.39 is 59.7 Å². The van der Waals surface area contributed by atoms with Crippen LogP contribution in [0.4, 0.5) is 35.1 Å². The van der Waals surface area contributed by atoms with E-state index in [1.165, 1.54) is 13.0 Å². The van der Waals surface area contributed by atoms with Crippen molar-refractivity contribution in [2.45, 2.75) is 81.6 Å². The quantitative estimate of drug-likeness (QED) is 0.346. The largest absolute Gasteiger partial charge is 0.416 e. The topological polar surface area (TPSA) is 51.2 Å². The van der Waals surface area contributed by atoms with E-state index in [1.54, 1.807) is 0 Å². The Kier molecular flexibility index (Phi) is 9.12. The van der Waals surface area contributed by atoms with Crippen LogP contribution >= 0.6 is 0 Å². The average Bonchev–Trinajstić information content (AvgIpc) is 3.30. The summed E-state index contributed by atoms with van der Waals surface area (Å²) in [7, 11) is 0. The highest BCUT2D eigenvalue weighted by molar-refractivity contribution is 5.35. The second-order valence-corrected chi connectivity index (χ2v) is 11.7. The number of aliphatic hydroxyl groups excluding tert-OH is 1. The molecule has 3 aliphatic rings. The molecule has 3 fully saturated rings. The van der Waals surface area contributed by atoms with Gasteiger partial charge in [-0.15, -0.1) is 0 Å². The van der Waals surface area contributed by atoms with Gasteiger partial charge >= 0.3 is 12.4 Å². The molecule has 13 heteroatoms. The van der Waals surface area contributed by atoms with Crippen LogP contribution in [0.15, 0.2) is 36.4 Å². The van der Waals surface area contributed by atoms with Crippen LogP contribution in [-0.4, -0.2) is 54.4 Å².